The maximum Gasteiger partial charge on any atom is 0.251 e. The SMILES string of the molecule is N#Cc1cccc(C(=O)NCCc2ccsc2)c1. The molecule has 0 spiro atoms. The molecule has 90 valence electrons. The van der Waals surface area contributed by atoms with Crippen LogP contribution in [-0.2, 0) is 6.42 Å². The van der Waals surface area contributed by atoms with Gasteiger partial charge in [0.2, 0.25) is 0 Å². The van der Waals surface area contributed by atoms with Gasteiger partial charge >= 0.3 is 0 Å². The average Bonchev–Trinajstić information content (AvgIpc) is 2.92. The van der Waals surface area contributed by atoms with Gasteiger partial charge in [-0.25, -0.2) is 0 Å². The molecule has 1 amide bonds. The highest BCUT2D eigenvalue weighted by molar-refractivity contribution is 7.07. The van der Waals surface area contributed by atoms with Crippen molar-refractivity contribution >= 4 is 17.2 Å². The van der Waals surface area contributed by atoms with E-state index in [-0.39, 0.29) is 5.91 Å². The van der Waals surface area contributed by atoms with E-state index in [4.69, 9.17) is 5.26 Å². The van der Waals surface area contributed by atoms with Crippen molar-refractivity contribution in [3.8, 4) is 6.07 Å². The minimum absolute atomic E-state index is 0.137. The molecule has 18 heavy (non-hydrogen) atoms. The van der Waals surface area contributed by atoms with Crippen molar-refractivity contribution in [2.45, 2.75) is 6.42 Å². The number of nitrogens with zero attached hydrogens (tertiary/aromatic N) is 1. The normalized spacial score (nSPS) is 9.72. The number of thiophene rings is 1. The highest BCUT2D eigenvalue weighted by Crippen LogP contribution is 2.06. The Morgan fingerprint density at radius 2 is 2.28 bits per heavy atom. The Bertz CT molecular complexity index is 570. The molecule has 1 heterocycles. The second-order valence-electron chi connectivity index (χ2n) is 3.83. The number of hydrogen-bond acceptors (Lipinski definition) is 3. The maximum atomic E-state index is 11.8. The van der Waals surface area contributed by atoms with E-state index in [1.807, 2.05) is 17.5 Å². The molecular formula is C14H12N2OS. The van der Waals surface area contributed by atoms with Crippen LogP contribution in [0.1, 0.15) is 21.5 Å². The molecule has 1 aromatic carbocycles. The minimum Gasteiger partial charge on any atom is -0.352 e. The van der Waals surface area contributed by atoms with E-state index in [1.165, 1.54) is 5.56 Å². The Balaban J connectivity index is 1.89. The van der Waals surface area contributed by atoms with E-state index in [0.717, 1.165) is 6.42 Å². The van der Waals surface area contributed by atoms with Gasteiger partial charge in [0.05, 0.1) is 11.6 Å². The maximum absolute atomic E-state index is 11.8. The van der Waals surface area contributed by atoms with Crippen molar-refractivity contribution in [1.29, 1.82) is 5.26 Å². The molecule has 1 N–H and O–H groups in total. The highest BCUT2D eigenvalue weighted by atomic mass is 32.1. The molecule has 1 aromatic heterocycles. The number of carbonyl (C=O) groups is 1. The topological polar surface area (TPSA) is 52.9 Å². The number of nitriles is 1. The van der Waals surface area contributed by atoms with Gasteiger partial charge in [0.25, 0.3) is 5.91 Å². The lowest BCUT2D eigenvalue weighted by atomic mass is 10.1. The molecule has 2 rings (SSSR count). The van der Waals surface area contributed by atoms with Crippen LogP contribution in [0.4, 0.5) is 0 Å². The number of carbonyl (C=O) groups excluding carboxylic acids is 1. The Hall–Kier alpha value is -2.12. The number of hydrogen-bond donors (Lipinski definition) is 1. The third kappa shape index (κ3) is 3.19. The zero-order valence-corrected chi connectivity index (χ0v) is 10.5. The van der Waals surface area contributed by atoms with Crippen molar-refractivity contribution in [3.05, 3.63) is 57.8 Å². The molecule has 0 atom stereocenters. The van der Waals surface area contributed by atoms with Crippen LogP contribution in [0.2, 0.25) is 0 Å². The zero-order chi connectivity index (χ0) is 12.8. The fraction of sp³-hybridized carbons (Fsp3) is 0.143. The first-order valence-corrected chi connectivity index (χ1v) is 6.53. The van der Waals surface area contributed by atoms with E-state index in [0.29, 0.717) is 17.7 Å². The van der Waals surface area contributed by atoms with E-state index in [9.17, 15) is 4.79 Å². The van der Waals surface area contributed by atoms with Gasteiger partial charge in [-0.1, -0.05) is 6.07 Å². The van der Waals surface area contributed by atoms with Crippen LogP contribution in [0.5, 0.6) is 0 Å². The standard InChI is InChI=1S/C14H12N2OS/c15-9-12-2-1-3-13(8-12)14(17)16-6-4-11-5-7-18-10-11/h1-3,5,7-8,10H,4,6H2,(H,16,17). The Kier molecular flexibility index (Phi) is 4.11. The van der Waals surface area contributed by atoms with Crippen molar-refractivity contribution < 1.29 is 4.79 Å². The van der Waals surface area contributed by atoms with Gasteiger partial charge in [-0.3, -0.25) is 4.79 Å². The third-order valence-corrected chi connectivity index (χ3v) is 3.27. The Morgan fingerprint density at radius 1 is 1.39 bits per heavy atom. The molecule has 3 nitrogen and oxygen atoms in total. The lowest BCUT2D eigenvalue weighted by Crippen LogP contribution is -2.25. The molecule has 0 unspecified atom stereocenters. The summed E-state index contributed by atoms with van der Waals surface area (Å²) in [6.45, 7) is 0.604. The smallest absolute Gasteiger partial charge is 0.251 e. The molecule has 0 aliphatic carbocycles. The largest absolute Gasteiger partial charge is 0.352 e. The summed E-state index contributed by atoms with van der Waals surface area (Å²) < 4.78 is 0. The minimum atomic E-state index is -0.137. The first-order chi connectivity index (χ1) is 8.79. The van der Waals surface area contributed by atoms with Crippen molar-refractivity contribution in [2.24, 2.45) is 0 Å². The van der Waals surface area contributed by atoms with Crippen LogP contribution < -0.4 is 5.32 Å². The van der Waals surface area contributed by atoms with E-state index < -0.39 is 0 Å². The van der Waals surface area contributed by atoms with E-state index in [1.54, 1.807) is 35.6 Å². The van der Waals surface area contributed by atoms with Crippen molar-refractivity contribution in [1.82, 2.24) is 5.32 Å². The highest BCUT2D eigenvalue weighted by Gasteiger charge is 2.05. The summed E-state index contributed by atoms with van der Waals surface area (Å²) in [7, 11) is 0. The third-order valence-electron chi connectivity index (χ3n) is 2.53. The van der Waals surface area contributed by atoms with Crippen molar-refractivity contribution in [2.75, 3.05) is 6.54 Å². The van der Waals surface area contributed by atoms with Crippen LogP contribution in [0, 0.1) is 11.3 Å². The second-order valence-corrected chi connectivity index (χ2v) is 4.61. The summed E-state index contributed by atoms with van der Waals surface area (Å²) in [6, 6.07) is 10.8. The average molecular weight is 256 g/mol. The molecule has 0 aliphatic rings. The molecular weight excluding hydrogens is 244 g/mol. The van der Waals surface area contributed by atoms with Crippen LogP contribution >= 0.6 is 11.3 Å². The summed E-state index contributed by atoms with van der Waals surface area (Å²) in [5, 5.41) is 15.7. The van der Waals surface area contributed by atoms with Crippen LogP contribution in [-0.4, -0.2) is 12.5 Å². The first-order valence-electron chi connectivity index (χ1n) is 5.59. The number of amides is 1. The fourth-order valence-electron chi connectivity index (χ4n) is 1.59. The lowest BCUT2D eigenvalue weighted by molar-refractivity contribution is 0.0954. The van der Waals surface area contributed by atoms with Gasteiger partial charge < -0.3 is 5.32 Å². The van der Waals surface area contributed by atoms with Gasteiger partial charge in [0, 0.05) is 12.1 Å². The monoisotopic (exact) mass is 256 g/mol. The molecule has 0 aliphatic heterocycles. The lowest BCUT2D eigenvalue weighted by Gasteiger charge is -2.04. The molecule has 0 radical (unpaired) electrons. The molecule has 0 saturated heterocycles. The van der Waals surface area contributed by atoms with E-state index >= 15 is 0 Å². The van der Waals surface area contributed by atoms with Gasteiger partial charge in [0.1, 0.15) is 0 Å². The number of rotatable bonds is 4. The molecule has 0 fully saturated rings. The molecule has 4 heteroatoms. The second kappa shape index (κ2) is 5.99. The quantitative estimate of drug-likeness (QED) is 0.914. The van der Waals surface area contributed by atoms with E-state index in [2.05, 4.69) is 10.7 Å². The van der Waals surface area contributed by atoms with Crippen LogP contribution in [0.25, 0.3) is 0 Å². The summed E-state index contributed by atoms with van der Waals surface area (Å²) in [5.74, 6) is -0.137. The molecule has 0 saturated carbocycles. The number of benzene rings is 1. The summed E-state index contributed by atoms with van der Waals surface area (Å²) in [4.78, 5) is 11.8. The zero-order valence-electron chi connectivity index (χ0n) is 9.72. The molecule has 0 bridgehead atoms. The Morgan fingerprint density at radius 3 is 3.00 bits per heavy atom. The van der Waals surface area contributed by atoms with Crippen LogP contribution in [0.3, 0.4) is 0 Å². The summed E-state index contributed by atoms with van der Waals surface area (Å²) in [6.07, 6.45) is 0.827. The molecule has 2 aromatic rings. The fourth-order valence-corrected chi connectivity index (χ4v) is 2.29. The van der Waals surface area contributed by atoms with Gasteiger partial charge in [-0.15, -0.1) is 0 Å². The Labute approximate surface area is 110 Å². The van der Waals surface area contributed by atoms with Crippen LogP contribution in [0.15, 0.2) is 41.1 Å². The summed E-state index contributed by atoms with van der Waals surface area (Å²) >= 11 is 1.65. The predicted octanol–water partition coefficient (Wildman–Crippen LogP) is 2.59. The summed E-state index contributed by atoms with van der Waals surface area (Å²) in [5.41, 5.74) is 2.26. The van der Waals surface area contributed by atoms with Gasteiger partial charge in [0.15, 0.2) is 0 Å². The first kappa shape index (κ1) is 12.3. The number of nitrogens with one attached hydrogen (secondary N) is 1. The van der Waals surface area contributed by atoms with Gasteiger partial charge in [-0.05, 0) is 47.0 Å². The predicted molar refractivity (Wildman–Crippen MR) is 71.5 cm³/mol. The van der Waals surface area contributed by atoms with Crippen molar-refractivity contribution in [3.63, 3.8) is 0 Å². The van der Waals surface area contributed by atoms with Gasteiger partial charge in [-0.2, -0.15) is 16.6 Å².